The van der Waals surface area contributed by atoms with Crippen LogP contribution in [0.1, 0.15) is 0 Å². The lowest BCUT2D eigenvalue weighted by Gasteiger charge is -2.04. The van der Waals surface area contributed by atoms with Gasteiger partial charge in [0.2, 0.25) is 0 Å². The maximum atomic E-state index is 10.1. The molecule has 4 rings (SSSR count). The molecule has 0 bridgehead atoms. The van der Waals surface area contributed by atoms with E-state index in [4.69, 9.17) is 0 Å². The van der Waals surface area contributed by atoms with Crippen LogP contribution in [0.3, 0.4) is 0 Å². The maximum Gasteiger partial charge on any atom is 0.128 e. The predicted molar refractivity (Wildman–Crippen MR) is 93.9 cm³/mol. The Bertz CT molecular complexity index is 992. The molecule has 6 heteroatoms. The second-order valence-electron chi connectivity index (χ2n) is 5.26. The number of aromatic amines is 1. The van der Waals surface area contributed by atoms with E-state index in [-0.39, 0.29) is 11.5 Å². The van der Waals surface area contributed by atoms with Gasteiger partial charge in [-0.1, -0.05) is 30.3 Å². The number of nitrogens with one attached hydrogen (secondary N) is 1. The Morgan fingerprint density at radius 1 is 0.958 bits per heavy atom. The Kier molecular flexibility index (Phi) is 3.51. The lowest BCUT2D eigenvalue weighted by Crippen LogP contribution is -1.84. The molecule has 2 heterocycles. The molecule has 24 heavy (non-hydrogen) atoms. The highest BCUT2D eigenvalue weighted by atomic mass is 32.1. The zero-order valence-electron chi connectivity index (χ0n) is 12.5. The molecule has 5 nitrogen and oxygen atoms in total. The average molecular weight is 335 g/mol. The van der Waals surface area contributed by atoms with Crippen LogP contribution in [0.25, 0.3) is 33.1 Å². The van der Waals surface area contributed by atoms with Gasteiger partial charge in [-0.2, -0.15) is 5.10 Å². The lowest BCUT2D eigenvalue weighted by atomic mass is 10.1. The van der Waals surface area contributed by atoms with Crippen molar-refractivity contribution in [2.75, 3.05) is 0 Å². The van der Waals surface area contributed by atoms with Gasteiger partial charge in [0.1, 0.15) is 16.5 Å². The summed E-state index contributed by atoms with van der Waals surface area (Å²) in [6.07, 6.45) is 1.69. The van der Waals surface area contributed by atoms with E-state index < -0.39 is 0 Å². The summed E-state index contributed by atoms with van der Waals surface area (Å²) < 4.78 is 0. The number of benzene rings is 2. The van der Waals surface area contributed by atoms with Crippen LogP contribution in [0.15, 0.2) is 60.1 Å². The number of H-pyrrole nitrogens is 1. The van der Waals surface area contributed by atoms with Crippen molar-refractivity contribution in [1.29, 1.82) is 0 Å². The minimum atomic E-state index is -0.0148. The van der Waals surface area contributed by atoms with Gasteiger partial charge < -0.3 is 10.2 Å². The molecular weight excluding hydrogens is 322 g/mol. The number of rotatable bonds is 3. The Hall–Kier alpha value is -3.12. The third-order valence-electron chi connectivity index (χ3n) is 3.69. The molecular formula is C18H13N3O2S. The van der Waals surface area contributed by atoms with E-state index in [1.54, 1.807) is 23.6 Å². The molecule has 0 aliphatic rings. The fraction of sp³-hybridized carbons (Fsp3) is 0. The third-order valence-corrected chi connectivity index (χ3v) is 4.58. The van der Waals surface area contributed by atoms with Gasteiger partial charge in [0.15, 0.2) is 0 Å². The van der Waals surface area contributed by atoms with Gasteiger partial charge in [0.25, 0.3) is 0 Å². The zero-order valence-corrected chi connectivity index (χ0v) is 13.3. The van der Waals surface area contributed by atoms with Crippen molar-refractivity contribution in [3.63, 3.8) is 0 Å². The normalized spacial score (nSPS) is 10.8. The first-order valence-corrected chi connectivity index (χ1v) is 8.17. The molecule has 2 aromatic carbocycles. The summed E-state index contributed by atoms with van der Waals surface area (Å²) in [6.45, 7) is 0. The van der Waals surface area contributed by atoms with Gasteiger partial charge in [-0.05, 0) is 12.1 Å². The monoisotopic (exact) mass is 335 g/mol. The quantitative estimate of drug-likeness (QED) is 0.522. The highest BCUT2D eigenvalue weighted by Crippen LogP contribution is 2.38. The fourth-order valence-corrected chi connectivity index (χ4v) is 3.35. The molecule has 0 amide bonds. The third kappa shape index (κ3) is 2.53. The molecule has 0 fully saturated rings. The van der Waals surface area contributed by atoms with Crippen LogP contribution in [-0.4, -0.2) is 25.4 Å². The summed E-state index contributed by atoms with van der Waals surface area (Å²) in [6, 6.07) is 14.4. The summed E-state index contributed by atoms with van der Waals surface area (Å²) in [5.41, 5.74) is 3.88. The van der Waals surface area contributed by atoms with Gasteiger partial charge >= 0.3 is 0 Å². The van der Waals surface area contributed by atoms with Crippen LogP contribution in [0.5, 0.6) is 11.5 Å². The van der Waals surface area contributed by atoms with Crippen molar-refractivity contribution in [1.82, 2.24) is 15.2 Å². The highest BCUT2D eigenvalue weighted by Gasteiger charge is 2.16. The van der Waals surface area contributed by atoms with Crippen molar-refractivity contribution < 1.29 is 10.2 Å². The fourth-order valence-electron chi connectivity index (χ4n) is 2.53. The highest BCUT2D eigenvalue weighted by molar-refractivity contribution is 7.13. The molecule has 0 aliphatic heterocycles. The molecule has 0 saturated carbocycles. The van der Waals surface area contributed by atoms with Crippen molar-refractivity contribution in [2.45, 2.75) is 0 Å². The molecule has 0 spiro atoms. The van der Waals surface area contributed by atoms with Gasteiger partial charge in [0, 0.05) is 28.1 Å². The first kappa shape index (κ1) is 14.5. The minimum Gasteiger partial charge on any atom is -0.508 e. The first-order chi connectivity index (χ1) is 11.7. The molecule has 4 aromatic rings. The number of hydrogen-bond acceptors (Lipinski definition) is 5. The predicted octanol–water partition coefficient (Wildman–Crippen LogP) is 4.28. The molecule has 118 valence electrons. The van der Waals surface area contributed by atoms with Crippen LogP contribution >= 0.6 is 11.3 Å². The van der Waals surface area contributed by atoms with Crippen molar-refractivity contribution in [2.24, 2.45) is 0 Å². The Labute approximate surface area is 141 Å². The van der Waals surface area contributed by atoms with Crippen molar-refractivity contribution in [3.05, 3.63) is 60.1 Å². The maximum absolute atomic E-state index is 10.1. The molecule has 0 radical (unpaired) electrons. The number of aromatic hydroxyl groups is 2. The zero-order chi connectivity index (χ0) is 16.5. The lowest BCUT2D eigenvalue weighted by molar-refractivity contribution is 0.452. The summed E-state index contributed by atoms with van der Waals surface area (Å²) >= 11 is 1.56. The van der Waals surface area contributed by atoms with Crippen LogP contribution < -0.4 is 0 Å². The van der Waals surface area contributed by atoms with E-state index >= 15 is 0 Å². The molecule has 0 aliphatic carbocycles. The average Bonchev–Trinajstić information content (AvgIpc) is 3.24. The molecule has 0 atom stereocenters. The summed E-state index contributed by atoms with van der Waals surface area (Å²) in [5.74, 6) is -0.00338. The van der Waals surface area contributed by atoms with Gasteiger partial charge in [0.05, 0.1) is 17.6 Å². The van der Waals surface area contributed by atoms with Crippen LogP contribution in [-0.2, 0) is 0 Å². The smallest absolute Gasteiger partial charge is 0.128 e. The van der Waals surface area contributed by atoms with Gasteiger partial charge in [-0.15, -0.1) is 11.3 Å². The van der Waals surface area contributed by atoms with Crippen LogP contribution in [0.2, 0.25) is 0 Å². The molecule has 0 saturated heterocycles. The standard InChI is InChI=1S/C18H13N3O2S/c22-12-6-7-13(16(23)8-12)17-14(9-19-21-17)15-10-24-18(20-15)11-4-2-1-3-5-11/h1-10,22-23H,(H,19,21). The van der Waals surface area contributed by atoms with Crippen molar-refractivity contribution in [3.8, 4) is 44.6 Å². The number of aromatic nitrogens is 3. The van der Waals surface area contributed by atoms with Gasteiger partial charge in [-0.25, -0.2) is 4.98 Å². The largest absolute Gasteiger partial charge is 0.508 e. The Balaban J connectivity index is 1.77. The van der Waals surface area contributed by atoms with E-state index in [2.05, 4.69) is 15.2 Å². The number of hydrogen-bond donors (Lipinski definition) is 3. The number of phenolic OH excluding ortho intramolecular Hbond substituents is 2. The second-order valence-corrected chi connectivity index (χ2v) is 6.12. The molecule has 3 N–H and O–H groups in total. The SMILES string of the molecule is Oc1ccc(-c2[nH]ncc2-c2csc(-c3ccccc3)n2)c(O)c1. The number of nitrogens with zero attached hydrogens (tertiary/aromatic N) is 2. The Morgan fingerprint density at radius 2 is 1.79 bits per heavy atom. The van der Waals surface area contributed by atoms with Crippen LogP contribution in [0.4, 0.5) is 0 Å². The number of thiazole rings is 1. The molecule has 0 unspecified atom stereocenters. The summed E-state index contributed by atoms with van der Waals surface area (Å²) in [4.78, 5) is 4.68. The van der Waals surface area contributed by atoms with Crippen molar-refractivity contribution >= 4 is 11.3 Å². The topological polar surface area (TPSA) is 82.0 Å². The van der Waals surface area contributed by atoms with Crippen LogP contribution in [0, 0.1) is 0 Å². The van der Waals surface area contributed by atoms with E-state index in [1.807, 2.05) is 35.7 Å². The summed E-state index contributed by atoms with van der Waals surface area (Å²) in [7, 11) is 0. The Morgan fingerprint density at radius 3 is 2.58 bits per heavy atom. The molecule has 2 aromatic heterocycles. The minimum absolute atomic E-state index is 0.0114. The summed E-state index contributed by atoms with van der Waals surface area (Å²) in [5, 5.41) is 29.4. The van der Waals surface area contributed by atoms with E-state index in [1.165, 1.54) is 12.1 Å². The van der Waals surface area contributed by atoms with Gasteiger partial charge in [-0.3, -0.25) is 5.10 Å². The van der Waals surface area contributed by atoms with E-state index in [0.717, 1.165) is 21.8 Å². The van der Waals surface area contributed by atoms with E-state index in [0.29, 0.717) is 11.3 Å². The second kappa shape index (κ2) is 5.82. The number of phenols is 2. The first-order valence-electron chi connectivity index (χ1n) is 7.29. The van der Waals surface area contributed by atoms with E-state index in [9.17, 15) is 10.2 Å².